The first-order chi connectivity index (χ1) is 9.93. The van der Waals surface area contributed by atoms with Crippen LogP contribution in [0.25, 0.3) is 0 Å². The molecule has 2 N–H and O–H groups in total. The van der Waals surface area contributed by atoms with Crippen LogP contribution in [0.2, 0.25) is 0 Å². The molecule has 1 aromatic carbocycles. The van der Waals surface area contributed by atoms with Crippen LogP contribution in [0.5, 0.6) is 5.75 Å². The molecule has 0 bridgehead atoms. The highest BCUT2D eigenvalue weighted by molar-refractivity contribution is 9.11. The molecule has 4 nitrogen and oxygen atoms in total. The van der Waals surface area contributed by atoms with Gasteiger partial charge in [0.1, 0.15) is 18.5 Å². The standard InChI is InChI=1S/C15H23Br2NO3/c1-10(2)6-18-7-11-4-13(16)15(14(17)5-11)21-9-12(19)8-20-3/h4-5,10,12,18-19H,6-9H2,1-3H3. The summed E-state index contributed by atoms with van der Waals surface area (Å²) in [4.78, 5) is 0. The van der Waals surface area contributed by atoms with Crippen LogP contribution in [0, 0.1) is 5.92 Å². The number of benzene rings is 1. The lowest BCUT2D eigenvalue weighted by atomic mass is 10.2. The van der Waals surface area contributed by atoms with Gasteiger partial charge in [0.15, 0.2) is 0 Å². The van der Waals surface area contributed by atoms with E-state index in [1.165, 1.54) is 5.56 Å². The number of methoxy groups -OCH3 is 1. The summed E-state index contributed by atoms with van der Waals surface area (Å²) in [5.74, 6) is 1.32. The third-order valence-corrected chi connectivity index (χ3v) is 3.90. The van der Waals surface area contributed by atoms with Crippen molar-refractivity contribution in [2.45, 2.75) is 26.5 Å². The molecule has 0 aliphatic heterocycles. The molecule has 0 aliphatic carbocycles. The fourth-order valence-corrected chi connectivity index (χ4v) is 3.29. The van der Waals surface area contributed by atoms with Crippen LogP contribution in [0.1, 0.15) is 19.4 Å². The second kappa shape index (κ2) is 9.79. The van der Waals surface area contributed by atoms with E-state index in [0.29, 0.717) is 11.7 Å². The van der Waals surface area contributed by atoms with Gasteiger partial charge in [-0.05, 0) is 62.0 Å². The first-order valence-corrected chi connectivity index (χ1v) is 8.51. The summed E-state index contributed by atoms with van der Waals surface area (Å²) in [5, 5.41) is 13.0. The highest BCUT2D eigenvalue weighted by atomic mass is 79.9. The van der Waals surface area contributed by atoms with Gasteiger partial charge in [-0.3, -0.25) is 0 Å². The molecule has 120 valence electrons. The van der Waals surface area contributed by atoms with E-state index in [4.69, 9.17) is 9.47 Å². The Balaban J connectivity index is 2.62. The van der Waals surface area contributed by atoms with Crippen molar-refractivity contribution in [1.82, 2.24) is 5.32 Å². The Labute approximate surface area is 143 Å². The van der Waals surface area contributed by atoms with Crippen molar-refractivity contribution >= 4 is 31.9 Å². The normalized spacial score (nSPS) is 12.7. The maximum absolute atomic E-state index is 9.62. The van der Waals surface area contributed by atoms with Crippen LogP contribution in [0.15, 0.2) is 21.1 Å². The molecular formula is C15H23Br2NO3. The van der Waals surface area contributed by atoms with Gasteiger partial charge in [0.2, 0.25) is 0 Å². The van der Waals surface area contributed by atoms with Crippen molar-refractivity contribution in [3.8, 4) is 5.75 Å². The molecular weight excluding hydrogens is 402 g/mol. The molecule has 1 unspecified atom stereocenters. The van der Waals surface area contributed by atoms with E-state index >= 15 is 0 Å². The lowest BCUT2D eigenvalue weighted by Crippen LogP contribution is -2.23. The number of hydrogen-bond donors (Lipinski definition) is 2. The molecule has 21 heavy (non-hydrogen) atoms. The van der Waals surface area contributed by atoms with E-state index < -0.39 is 6.10 Å². The van der Waals surface area contributed by atoms with Gasteiger partial charge in [0, 0.05) is 13.7 Å². The van der Waals surface area contributed by atoms with Gasteiger partial charge >= 0.3 is 0 Å². The molecule has 0 heterocycles. The maximum atomic E-state index is 9.62. The number of halogens is 2. The summed E-state index contributed by atoms with van der Waals surface area (Å²) in [5.41, 5.74) is 1.17. The zero-order valence-corrected chi connectivity index (χ0v) is 15.8. The second-order valence-corrected chi connectivity index (χ2v) is 7.04. The molecule has 0 saturated carbocycles. The fraction of sp³-hybridized carbons (Fsp3) is 0.600. The quantitative estimate of drug-likeness (QED) is 0.638. The largest absolute Gasteiger partial charge is 0.488 e. The average molecular weight is 425 g/mol. The summed E-state index contributed by atoms with van der Waals surface area (Å²) in [6.07, 6.45) is -0.638. The van der Waals surface area contributed by atoms with Crippen LogP contribution >= 0.6 is 31.9 Å². The van der Waals surface area contributed by atoms with E-state index in [1.807, 2.05) is 12.1 Å². The van der Waals surface area contributed by atoms with Crippen molar-refractivity contribution in [2.24, 2.45) is 5.92 Å². The molecule has 0 fully saturated rings. The molecule has 0 spiro atoms. The first-order valence-electron chi connectivity index (χ1n) is 6.92. The number of ether oxygens (including phenoxy) is 2. The van der Waals surface area contributed by atoms with Crippen molar-refractivity contribution < 1.29 is 14.6 Å². The van der Waals surface area contributed by atoms with Crippen molar-refractivity contribution in [2.75, 3.05) is 26.9 Å². The van der Waals surface area contributed by atoms with E-state index in [9.17, 15) is 5.11 Å². The minimum atomic E-state index is -0.638. The van der Waals surface area contributed by atoms with Gasteiger partial charge in [-0.2, -0.15) is 0 Å². The Morgan fingerprint density at radius 3 is 2.33 bits per heavy atom. The number of aliphatic hydroxyl groups excluding tert-OH is 1. The third-order valence-electron chi connectivity index (χ3n) is 2.72. The minimum absolute atomic E-state index is 0.190. The van der Waals surface area contributed by atoms with Crippen LogP contribution in [-0.2, 0) is 11.3 Å². The van der Waals surface area contributed by atoms with E-state index in [2.05, 4.69) is 51.0 Å². The summed E-state index contributed by atoms with van der Waals surface area (Å²) in [6.45, 7) is 6.60. The molecule has 1 atom stereocenters. The van der Waals surface area contributed by atoms with Gasteiger partial charge in [0.25, 0.3) is 0 Å². The van der Waals surface area contributed by atoms with Gasteiger partial charge in [-0.1, -0.05) is 13.8 Å². The molecule has 1 aromatic rings. The average Bonchev–Trinajstić information content (AvgIpc) is 2.37. The van der Waals surface area contributed by atoms with Gasteiger partial charge in [-0.25, -0.2) is 0 Å². The molecule has 0 aromatic heterocycles. The Morgan fingerprint density at radius 1 is 1.19 bits per heavy atom. The van der Waals surface area contributed by atoms with Crippen molar-refractivity contribution in [3.05, 3.63) is 26.6 Å². The molecule has 0 aliphatic rings. The summed E-state index contributed by atoms with van der Waals surface area (Å²) in [7, 11) is 1.55. The highest BCUT2D eigenvalue weighted by Crippen LogP contribution is 2.34. The molecule has 1 rings (SSSR count). The smallest absolute Gasteiger partial charge is 0.147 e. The predicted molar refractivity (Wildman–Crippen MR) is 91.8 cm³/mol. The number of aliphatic hydroxyl groups is 1. The topological polar surface area (TPSA) is 50.7 Å². The predicted octanol–water partition coefficient (Wildman–Crippen LogP) is 3.34. The minimum Gasteiger partial charge on any atom is -0.488 e. The summed E-state index contributed by atoms with van der Waals surface area (Å²) >= 11 is 7.02. The SMILES string of the molecule is COCC(O)COc1c(Br)cc(CNCC(C)C)cc1Br. The second-order valence-electron chi connectivity index (χ2n) is 5.33. The number of hydrogen-bond acceptors (Lipinski definition) is 4. The van der Waals surface area contributed by atoms with Crippen LogP contribution in [0.3, 0.4) is 0 Å². The number of nitrogens with one attached hydrogen (secondary N) is 1. The molecule has 0 saturated heterocycles. The van der Waals surface area contributed by atoms with Gasteiger partial charge in [0.05, 0.1) is 15.6 Å². The van der Waals surface area contributed by atoms with Gasteiger partial charge < -0.3 is 19.9 Å². The van der Waals surface area contributed by atoms with Gasteiger partial charge in [-0.15, -0.1) is 0 Å². The summed E-state index contributed by atoms with van der Waals surface area (Å²) in [6, 6.07) is 4.05. The molecule has 0 radical (unpaired) electrons. The zero-order chi connectivity index (χ0) is 15.8. The van der Waals surface area contributed by atoms with Crippen LogP contribution < -0.4 is 10.1 Å². The zero-order valence-electron chi connectivity index (χ0n) is 12.7. The third kappa shape index (κ3) is 7.10. The fourth-order valence-electron chi connectivity index (χ4n) is 1.78. The Morgan fingerprint density at radius 2 is 1.81 bits per heavy atom. The molecule has 0 amide bonds. The van der Waals surface area contributed by atoms with Crippen molar-refractivity contribution in [3.63, 3.8) is 0 Å². The van der Waals surface area contributed by atoms with E-state index in [1.54, 1.807) is 7.11 Å². The Hall–Kier alpha value is -0.140. The maximum Gasteiger partial charge on any atom is 0.147 e. The first kappa shape index (κ1) is 18.9. The van der Waals surface area contributed by atoms with Crippen LogP contribution in [-0.4, -0.2) is 38.1 Å². The Bertz CT molecular complexity index is 418. The van der Waals surface area contributed by atoms with Crippen LogP contribution in [0.4, 0.5) is 0 Å². The Kier molecular flexibility index (Phi) is 8.82. The number of rotatable bonds is 9. The highest BCUT2D eigenvalue weighted by Gasteiger charge is 2.12. The van der Waals surface area contributed by atoms with E-state index in [-0.39, 0.29) is 13.2 Å². The van der Waals surface area contributed by atoms with E-state index in [0.717, 1.165) is 22.0 Å². The monoisotopic (exact) mass is 423 g/mol. The van der Waals surface area contributed by atoms with Crippen molar-refractivity contribution in [1.29, 1.82) is 0 Å². The lowest BCUT2D eigenvalue weighted by molar-refractivity contribution is 0.0322. The molecule has 6 heteroatoms. The summed E-state index contributed by atoms with van der Waals surface area (Å²) < 4.78 is 12.2. The lowest BCUT2D eigenvalue weighted by Gasteiger charge is -2.15.